The Kier molecular flexibility index (Phi) is 20.0. The van der Waals surface area contributed by atoms with E-state index in [-0.39, 0.29) is 18.6 Å². The Balaban J connectivity index is 0. The van der Waals surface area contributed by atoms with Crippen LogP contribution in [0.15, 0.2) is 0 Å². The molecule has 0 nitrogen and oxygen atoms in total. The van der Waals surface area contributed by atoms with E-state index in [9.17, 15) is 0 Å². The van der Waals surface area contributed by atoms with Crippen LogP contribution in [-0.2, 0) is 36.5 Å². The average Bonchev–Trinajstić information content (AvgIpc) is 0.918. The van der Waals surface area contributed by atoms with Gasteiger partial charge in [0.2, 0.25) is 0 Å². The molecule has 0 aliphatic heterocycles. The summed E-state index contributed by atoms with van der Waals surface area (Å²) in [4.78, 5) is 0. The Morgan fingerprint density at radius 1 is 1.25 bits per heavy atom. The summed E-state index contributed by atoms with van der Waals surface area (Å²) in [6.07, 6.45) is 0. The van der Waals surface area contributed by atoms with Crippen LogP contribution < -0.4 is 0 Å². The zero-order valence-electron chi connectivity index (χ0n) is 2.05. The van der Waals surface area contributed by atoms with E-state index in [1.165, 1.54) is 0 Å². The minimum atomic E-state index is -0.833. The standard InChI is InChI=1S/2B.Ta.V. The van der Waals surface area contributed by atoms with Gasteiger partial charge in [-0.15, -0.1) is 0 Å². The summed E-state index contributed by atoms with van der Waals surface area (Å²) in [7, 11) is 0. The molecule has 0 aromatic heterocycles. The third-order valence-electron chi connectivity index (χ3n) is 0. The van der Waals surface area contributed by atoms with Gasteiger partial charge in [-0.05, 0) is 0 Å². The van der Waals surface area contributed by atoms with Crippen LogP contribution in [0.2, 0.25) is 0 Å². The van der Waals surface area contributed by atoms with E-state index in [0.29, 0.717) is 0 Å². The SMILES string of the molecule is [B]#[Ta]#[B].[V]. The molecule has 0 saturated carbocycles. The second-order valence-corrected chi connectivity index (χ2v) is 1.22. The molecule has 0 fully saturated rings. The van der Waals surface area contributed by atoms with E-state index in [2.05, 4.69) is 0 Å². The minimum absolute atomic E-state index is 0. The molecule has 0 rings (SSSR count). The average molecular weight is 254 g/mol. The summed E-state index contributed by atoms with van der Waals surface area (Å²) in [5, 5.41) is 9.61. The Hall–Kier alpha value is 1.45. The maximum Gasteiger partial charge on any atom is 0 e. The second kappa shape index (κ2) is 8.82. The van der Waals surface area contributed by atoms with E-state index in [4.69, 9.17) is 10.6 Å². The van der Waals surface area contributed by atoms with Gasteiger partial charge in [-0.3, -0.25) is 0 Å². The van der Waals surface area contributed by atoms with Crippen LogP contribution in [0, 0.1) is 0 Å². The van der Waals surface area contributed by atoms with Gasteiger partial charge in [0.15, 0.2) is 0 Å². The molecular formula is B2TaV. The summed E-state index contributed by atoms with van der Waals surface area (Å²) in [5.74, 6) is 0. The maximum atomic E-state index is 4.81. The monoisotopic (exact) mass is 254 g/mol. The zero-order chi connectivity index (χ0) is 2.71. The Labute approximate surface area is 47.0 Å². The molecule has 0 aromatic carbocycles. The summed E-state index contributed by atoms with van der Waals surface area (Å²) in [6, 6.07) is 0. The van der Waals surface area contributed by atoms with Gasteiger partial charge < -0.3 is 0 Å². The first-order valence-corrected chi connectivity index (χ1v) is 4.23. The first-order chi connectivity index (χ1) is 1.41. The van der Waals surface area contributed by atoms with Crippen molar-refractivity contribution in [1.29, 1.82) is 0 Å². The van der Waals surface area contributed by atoms with E-state index in [1.807, 2.05) is 0 Å². The molecule has 1 radical (unpaired) electrons. The summed E-state index contributed by atoms with van der Waals surface area (Å²) in [5.41, 5.74) is 0. The van der Waals surface area contributed by atoms with Crippen LogP contribution in [0.25, 0.3) is 0 Å². The molecule has 0 N–H and O–H groups in total. The first-order valence-electron chi connectivity index (χ1n) is 0.516. The summed E-state index contributed by atoms with van der Waals surface area (Å²) in [6.45, 7) is 0. The van der Waals surface area contributed by atoms with Crippen LogP contribution >= 0.6 is 0 Å². The molecule has 16 valence electrons. The second-order valence-electron chi connectivity index (χ2n) is 0.149. The molecule has 0 heterocycles. The van der Waals surface area contributed by atoms with Crippen molar-refractivity contribution in [1.82, 2.24) is 0 Å². The van der Waals surface area contributed by atoms with Crippen molar-refractivity contribution >= 4 is 10.6 Å². The molecule has 4 heteroatoms. The van der Waals surface area contributed by atoms with E-state index < -0.39 is 17.9 Å². The molecular weight excluding hydrogens is 254 g/mol. The van der Waals surface area contributed by atoms with Crippen LogP contribution in [-0.4, -0.2) is 10.6 Å². The summed E-state index contributed by atoms with van der Waals surface area (Å²) >= 11 is -0.833. The van der Waals surface area contributed by atoms with E-state index >= 15 is 0 Å². The molecule has 0 spiro atoms. The number of rotatable bonds is 0. The third kappa shape index (κ3) is 9.84. The van der Waals surface area contributed by atoms with Gasteiger partial charge in [-0.1, -0.05) is 0 Å². The van der Waals surface area contributed by atoms with Crippen LogP contribution in [0.1, 0.15) is 0 Å². The molecule has 0 atom stereocenters. The smallest absolute Gasteiger partial charge is 0 e. The van der Waals surface area contributed by atoms with Gasteiger partial charge >= 0.3 is 28.5 Å². The normalized spacial score (nSPS) is 3.00. The predicted molar refractivity (Wildman–Crippen MR) is 11.5 cm³/mol. The van der Waals surface area contributed by atoms with Crippen molar-refractivity contribution < 1.29 is 36.5 Å². The fraction of sp³-hybridized carbons (Fsp3) is 0. The van der Waals surface area contributed by atoms with Gasteiger partial charge in [0.1, 0.15) is 0 Å². The molecule has 0 aliphatic carbocycles. The van der Waals surface area contributed by atoms with Gasteiger partial charge in [-0.2, -0.15) is 0 Å². The minimum Gasteiger partial charge on any atom is 0 e. The fourth-order valence-electron chi connectivity index (χ4n) is 0. The van der Waals surface area contributed by atoms with Crippen molar-refractivity contribution in [2.24, 2.45) is 0 Å². The third-order valence-corrected chi connectivity index (χ3v) is 0. The van der Waals surface area contributed by atoms with E-state index in [1.54, 1.807) is 0 Å². The molecule has 0 bridgehead atoms. The number of hydrogen-bond acceptors (Lipinski definition) is 0. The van der Waals surface area contributed by atoms with Crippen molar-refractivity contribution in [3.8, 4) is 0 Å². The zero-order valence-corrected chi connectivity index (χ0v) is 6.66. The van der Waals surface area contributed by atoms with Crippen LogP contribution in [0.4, 0.5) is 0 Å². The summed E-state index contributed by atoms with van der Waals surface area (Å²) < 4.78 is 0. The molecule has 0 aliphatic rings. The van der Waals surface area contributed by atoms with Gasteiger partial charge in [0.25, 0.3) is 0 Å². The van der Waals surface area contributed by atoms with Crippen molar-refractivity contribution in [2.45, 2.75) is 0 Å². The van der Waals surface area contributed by atoms with Gasteiger partial charge in [0, 0.05) is 18.6 Å². The van der Waals surface area contributed by atoms with Gasteiger partial charge in [-0.25, -0.2) is 0 Å². The largest absolute Gasteiger partial charge is 0 e. The molecule has 0 aromatic rings. The number of hydrogen-bond donors (Lipinski definition) is 0. The molecule has 0 saturated heterocycles. The quantitative estimate of drug-likeness (QED) is 0.498. The first kappa shape index (κ1) is 9.07. The van der Waals surface area contributed by atoms with Gasteiger partial charge in [0.05, 0.1) is 0 Å². The molecule has 0 amide bonds. The molecule has 4 heavy (non-hydrogen) atoms. The predicted octanol–water partition coefficient (Wildman–Crippen LogP) is -0.767. The Bertz CT molecular complexity index is 79.2. The van der Waals surface area contributed by atoms with Crippen molar-refractivity contribution in [2.75, 3.05) is 0 Å². The Morgan fingerprint density at radius 3 is 1.25 bits per heavy atom. The fourth-order valence-corrected chi connectivity index (χ4v) is 0. The maximum absolute atomic E-state index is 4.81. The topological polar surface area (TPSA) is 0 Å². The van der Waals surface area contributed by atoms with Crippen LogP contribution in [0.3, 0.4) is 0 Å². The molecule has 0 unspecified atom stereocenters. The van der Waals surface area contributed by atoms with Crippen molar-refractivity contribution in [3.05, 3.63) is 0 Å². The van der Waals surface area contributed by atoms with Crippen LogP contribution in [0.5, 0.6) is 0 Å². The van der Waals surface area contributed by atoms with E-state index in [0.717, 1.165) is 0 Å². The Morgan fingerprint density at radius 2 is 1.25 bits per heavy atom. The van der Waals surface area contributed by atoms with Crippen molar-refractivity contribution in [3.63, 3.8) is 0 Å².